The number of amides is 2. The van der Waals surface area contributed by atoms with E-state index in [2.05, 4.69) is 10.1 Å². The van der Waals surface area contributed by atoms with E-state index in [1.165, 1.54) is 12.6 Å². The van der Waals surface area contributed by atoms with Crippen LogP contribution in [0, 0.1) is 0 Å². The van der Waals surface area contributed by atoms with Gasteiger partial charge in [0.2, 0.25) is 0 Å². The number of nitrogens with one attached hydrogen (secondary N) is 1. The maximum Gasteiger partial charge on any atom is 0.406 e. The van der Waals surface area contributed by atoms with Crippen molar-refractivity contribution in [2.75, 3.05) is 18.6 Å². The van der Waals surface area contributed by atoms with E-state index in [-0.39, 0.29) is 5.91 Å². The van der Waals surface area contributed by atoms with E-state index in [1.807, 2.05) is 77.2 Å². The van der Waals surface area contributed by atoms with Crippen molar-refractivity contribution >= 4 is 51.9 Å². The van der Waals surface area contributed by atoms with Crippen molar-refractivity contribution in [3.05, 3.63) is 74.8 Å². The summed E-state index contributed by atoms with van der Waals surface area (Å²) in [4.78, 5) is 25.5. The number of alkyl carbamates (subject to hydrolysis) is 1. The quantitative estimate of drug-likeness (QED) is 0.307. The predicted octanol–water partition coefficient (Wildman–Crippen LogP) is 5.02. The lowest BCUT2D eigenvalue weighted by Gasteiger charge is -2.23. The van der Waals surface area contributed by atoms with Crippen molar-refractivity contribution in [3.8, 4) is 0 Å². The molecule has 5 nitrogen and oxygen atoms in total. The van der Waals surface area contributed by atoms with Gasteiger partial charge in [0.25, 0.3) is 5.91 Å². The van der Waals surface area contributed by atoms with Crippen LogP contribution in [0.1, 0.15) is 17.5 Å². The highest BCUT2D eigenvalue weighted by atomic mass is 127. The van der Waals surface area contributed by atoms with Crippen LogP contribution < -0.4 is 10.2 Å². The van der Waals surface area contributed by atoms with Crippen LogP contribution in [0.15, 0.2) is 63.7 Å². The number of benzene rings is 2. The summed E-state index contributed by atoms with van der Waals surface area (Å²) >= 11 is 7.70. The second-order valence-electron chi connectivity index (χ2n) is 6.02. The van der Waals surface area contributed by atoms with Crippen LogP contribution in [0.2, 0.25) is 0 Å². The molecule has 148 valence electrons. The summed E-state index contributed by atoms with van der Waals surface area (Å²) in [6.07, 6.45) is 1.19. The van der Waals surface area contributed by atoms with Crippen molar-refractivity contribution in [2.45, 2.75) is 19.4 Å². The van der Waals surface area contributed by atoms with Gasteiger partial charge < -0.3 is 15.0 Å². The molecule has 7 heteroatoms. The zero-order chi connectivity index (χ0) is 20.4. The molecule has 0 aliphatic heterocycles. The molecule has 0 aliphatic rings. The van der Waals surface area contributed by atoms with Crippen LogP contribution >= 0.6 is 34.2 Å². The molecule has 0 unspecified atom stereocenters. The number of nitrogens with zero attached hydrogens (tertiary/aromatic N) is 1. The lowest BCUT2D eigenvalue weighted by molar-refractivity contribution is -0.114. The second kappa shape index (κ2) is 11.7. The maximum atomic E-state index is 12.8. The molecule has 0 spiro atoms. The van der Waals surface area contributed by atoms with Crippen molar-refractivity contribution < 1.29 is 14.3 Å². The van der Waals surface area contributed by atoms with Gasteiger partial charge in [0.05, 0.1) is 17.2 Å². The van der Waals surface area contributed by atoms with Crippen LogP contribution in [0.4, 0.5) is 10.5 Å². The summed E-state index contributed by atoms with van der Waals surface area (Å²) in [5.41, 5.74) is 4.26. The molecule has 0 bridgehead atoms. The predicted molar refractivity (Wildman–Crippen MR) is 121 cm³/mol. The van der Waals surface area contributed by atoms with Gasteiger partial charge in [0.1, 0.15) is 0 Å². The van der Waals surface area contributed by atoms with Gasteiger partial charge in [0.15, 0.2) is 0 Å². The number of hydrogen-bond donors (Lipinski definition) is 1. The lowest BCUT2D eigenvalue weighted by atomic mass is 10.1. The SMILES string of the molecule is COC(=O)NCCCc1ccc(N(Cc2ccccc2)C(=O)/C(I)=C/Cl)cc1. The molecule has 0 saturated carbocycles. The summed E-state index contributed by atoms with van der Waals surface area (Å²) in [6, 6.07) is 17.7. The van der Waals surface area contributed by atoms with E-state index in [4.69, 9.17) is 11.6 Å². The Balaban J connectivity index is 2.08. The van der Waals surface area contributed by atoms with Crippen molar-refractivity contribution in [1.29, 1.82) is 0 Å². The number of hydrogen-bond acceptors (Lipinski definition) is 3. The molecule has 2 rings (SSSR count). The van der Waals surface area contributed by atoms with Gasteiger partial charge in [-0.15, -0.1) is 0 Å². The fraction of sp³-hybridized carbons (Fsp3) is 0.238. The largest absolute Gasteiger partial charge is 0.453 e. The van der Waals surface area contributed by atoms with Gasteiger partial charge in [-0.3, -0.25) is 4.79 Å². The number of anilines is 1. The normalized spacial score (nSPS) is 11.0. The molecule has 1 N–H and O–H groups in total. The average molecular weight is 513 g/mol. The topological polar surface area (TPSA) is 58.6 Å². The number of aryl methyl sites for hydroxylation is 1. The van der Waals surface area contributed by atoms with E-state index >= 15 is 0 Å². The standard InChI is InChI=1S/C21H22ClIN2O3/c1-28-21(27)24-13-5-8-16-9-11-18(12-10-16)25(20(26)19(23)14-22)15-17-6-3-2-4-7-17/h2-4,6-7,9-12,14H,5,8,13,15H2,1H3,(H,24,27)/b19-14-. The highest BCUT2D eigenvalue weighted by Crippen LogP contribution is 2.23. The lowest BCUT2D eigenvalue weighted by Crippen LogP contribution is -2.30. The molecule has 2 amide bonds. The molecule has 0 atom stereocenters. The molecule has 2 aromatic carbocycles. The minimum absolute atomic E-state index is 0.144. The Hall–Kier alpha value is -2.06. The number of halogens is 2. The molecule has 0 aromatic heterocycles. The number of rotatable bonds is 8. The fourth-order valence-corrected chi connectivity index (χ4v) is 3.00. The van der Waals surface area contributed by atoms with Gasteiger partial charge >= 0.3 is 6.09 Å². The van der Waals surface area contributed by atoms with Crippen LogP contribution in [0.3, 0.4) is 0 Å². The smallest absolute Gasteiger partial charge is 0.406 e. The summed E-state index contributed by atoms with van der Waals surface area (Å²) in [5, 5.41) is 2.66. The zero-order valence-corrected chi connectivity index (χ0v) is 18.4. The number of ether oxygens (including phenoxy) is 1. The second-order valence-corrected chi connectivity index (χ2v) is 7.40. The molecular weight excluding hydrogens is 491 g/mol. The molecule has 0 aliphatic carbocycles. The third kappa shape index (κ3) is 6.83. The summed E-state index contributed by atoms with van der Waals surface area (Å²) < 4.78 is 4.99. The van der Waals surface area contributed by atoms with Gasteiger partial charge in [0, 0.05) is 17.8 Å². The Labute approximate surface area is 183 Å². The van der Waals surface area contributed by atoms with E-state index in [0.29, 0.717) is 16.7 Å². The highest BCUT2D eigenvalue weighted by Gasteiger charge is 2.18. The molecule has 0 radical (unpaired) electrons. The average Bonchev–Trinajstić information content (AvgIpc) is 2.75. The first-order valence-electron chi connectivity index (χ1n) is 8.77. The third-order valence-electron chi connectivity index (χ3n) is 4.07. The first kappa shape index (κ1) is 22.2. The molecule has 0 saturated heterocycles. The first-order valence-corrected chi connectivity index (χ1v) is 10.3. The van der Waals surface area contributed by atoms with Crippen molar-refractivity contribution in [3.63, 3.8) is 0 Å². The van der Waals surface area contributed by atoms with Crippen LogP contribution in [0.25, 0.3) is 0 Å². The van der Waals surface area contributed by atoms with Crippen LogP contribution in [0.5, 0.6) is 0 Å². The van der Waals surface area contributed by atoms with Gasteiger partial charge in [-0.25, -0.2) is 4.79 Å². The molecular formula is C21H22ClIN2O3. The van der Waals surface area contributed by atoms with E-state index in [1.54, 1.807) is 4.90 Å². The molecule has 0 fully saturated rings. The summed E-state index contributed by atoms with van der Waals surface area (Å²) in [7, 11) is 1.34. The maximum absolute atomic E-state index is 12.8. The molecule has 2 aromatic rings. The van der Waals surface area contributed by atoms with Crippen LogP contribution in [-0.4, -0.2) is 25.7 Å². The number of carbonyl (C=O) groups is 2. The van der Waals surface area contributed by atoms with E-state index in [0.717, 1.165) is 29.7 Å². The zero-order valence-electron chi connectivity index (χ0n) is 15.5. The highest BCUT2D eigenvalue weighted by molar-refractivity contribution is 14.1. The first-order chi connectivity index (χ1) is 13.5. The Morgan fingerprint density at radius 1 is 1.11 bits per heavy atom. The van der Waals surface area contributed by atoms with Crippen molar-refractivity contribution in [1.82, 2.24) is 5.32 Å². The number of methoxy groups -OCH3 is 1. The van der Waals surface area contributed by atoms with E-state index < -0.39 is 6.09 Å². The molecule has 0 heterocycles. The van der Waals surface area contributed by atoms with Gasteiger partial charge in [-0.2, -0.15) is 0 Å². The number of carbonyl (C=O) groups excluding carboxylic acids is 2. The van der Waals surface area contributed by atoms with Gasteiger partial charge in [-0.05, 0) is 58.7 Å². The summed E-state index contributed by atoms with van der Waals surface area (Å²) in [6.45, 7) is 1.01. The summed E-state index contributed by atoms with van der Waals surface area (Å²) in [5.74, 6) is -0.144. The third-order valence-corrected chi connectivity index (χ3v) is 5.43. The Morgan fingerprint density at radius 3 is 2.39 bits per heavy atom. The van der Waals surface area contributed by atoms with Crippen LogP contribution in [-0.2, 0) is 22.5 Å². The minimum atomic E-state index is -0.424. The Bertz CT molecular complexity index is 810. The Morgan fingerprint density at radius 2 is 1.79 bits per heavy atom. The van der Waals surface area contributed by atoms with Crippen molar-refractivity contribution in [2.24, 2.45) is 0 Å². The fourth-order valence-electron chi connectivity index (χ4n) is 2.62. The van der Waals surface area contributed by atoms with Gasteiger partial charge in [-0.1, -0.05) is 54.1 Å². The monoisotopic (exact) mass is 512 g/mol. The Kier molecular flexibility index (Phi) is 9.30. The minimum Gasteiger partial charge on any atom is -0.453 e. The van der Waals surface area contributed by atoms with E-state index in [9.17, 15) is 9.59 Å². The molecule has 28 heavy (non-hydrogen) atoms.